The molecule has 1 amide bonds. The monoisotopic (exact) mass is 226 g/mol. The third-order valence-corrected chi connectivity index (χ3v) is 4.08. The highest BCUT2D eigenvalue weighted by atomic mass is 16.5. The topological polar surface area (TPSA) is 64.4 Å². The number of carbonyl (C=O) groups is 1. The molecule has 0 aromatic heterocycles. The fraction of sp³-hybridized carbons (Fsp3) is 0.917. The number of carbonyl (C=O) groups excluding carboxylic acids is 1. The van der Waals surface area contributed by atoms with Gasteiger partial charge >= 0.3 is 0 Å². The van der Waals surface area contributed by atoms with Crippen LogP contribution in [-0.4, -0.2) is 31.7 Å². The quantitative estimate of drug-likeness (QED) is 0.743. The molecule has 0 aromatic carbocycles. The molecule has 1 saturated heterocycles. The van der Waals surface area contributed by atoms with Crippen molar-refractivity contribution in [2.75, 3.05) is 19.8 Å². The molecule has 92 valence electrons. The first-order valence-corrected chi connectivity index (χ1v) is 6.25. The third-order valence-electron chi connectivity index (χ3n) is 4.08. The lowest BCUT2D eigenvalue weighted by atomic mass is 9.70. The summed E-state index contributed by atoms with van der Waals surface area (Å²) in [5.74, 6) is 0.884. The van der Waals surface area contributed by atoms with Crippen LogP contribution >= 0.6 is 0 Å². The van der Waals surface area contributed by atoms with Crippen LogP contribution in [0.1, 0.15) is 32.6 Å². The highest BCUT2D eigenvalue weighted by molar-refractivity contribution is 5.83. The molecule has 0 bridgehead atoms. The number of nitrogens with one attached hydrogen (secondary N) is 1. The minimum Gasteiger partial charge on any atom is -0.377 e. The van der Waals surface area contributed by atoms with Crippen molar-refractivity contribution in [3.05, 3.63) is 0 Å². The third kappa shape index (κ3) is 2.23. The van der Waals surface area contributed by atoms with E-state index in [4.69, 9.17) is 10.5 Å². The van der Waals surface area contributed by atoms with Gasteiger partial charge in [-0.25, -0.2) is 0 Å². The smallest absolute Gasteiger partial charge is 0.227 e. The van der Waals surface area contributed by atoms with Gasteiger partial charge in [-0.1, -0.05) is 6.92 Å². The number of hydrogen-bond acceptors (Lipinski definition) is 3. The first-order chi connectivity index (χ1) is 7.66. The van der Waals surface area contributed by atoms with Gasteiger partial charge in [-0.15, -0.1) is 0 Å². The molecule has 2 aliphatic rings. The lowest BCUT2D eigenvalue weighted by Gasteiger charge is -2.39. The van der Waals surface area contributed by atoms with E-state index in [2.05, 4.69) is 12.2 Å². The maximum atomic E-state index is 12.2. The second-order valence-corrected chi connectivity index (χ2v) is 5.37. The van der Waals surface area contributed by atoms with Gasteiger partial charge in [-0.05, 0) is 31.6 Å². The normalized spacial score (nSPS) is 35.5. The molecule has 1 heterocycles. The molecule has 0 atom stereocenters. The molecule has 16 heavy (non-hydrogen) atoms. The number of hydrogen-bond donors (Lipinski definition) is 2. The molecule has 1 saturated carbocycles. The SMILES string of the molecule is CC1CCC(CN)(C(=O)NC2COC2)CC1. The van der Waals surface area contributed by atoms with Gasteiger partial charge in [0, 0.05) is 6.54 Å². The second-order valence-electron chi connectivity index (χ2n) is 5.37. The predicted molar refractivity (Wildman–Crippen MR) is 61.9 cm³/mol. The van der Waals surface area contributed by atoms with Crippen LogP contribution in [0.5, 0.6) is 0 Å². The molecule has 2 fully saturated rings. The maximum Gasteiger partial charge on any atom is 0.227 e. The van der Waals surface area contributed by atoms with E-state index in [0.717, 1.165) is 31.6 Å². The Morgan fingerprint density at radius 1 is 1.44 bits per heavy atom. The van der Waals surface area contributed by atoms with Crippen molar-refractivity contribution in [3.8, 4) is 0 Å². The first kappa shape index (κ1) is 11.9. The molecule has 4 nitrogen and oxygen atoms in total. The average molecular weight is 226 g/mol. The summed E-state index contributed by atoms with van der Waals surface area (Å²) in [6.45, 7) is 4.03. The van der Waals surface area contributed by atoms with E-state index in [0.29, 0.717) is 19.8 Å². The zero-order valence-electron chi connectivity index (χ0n) is 10.00. The number of nitrogens with two attached hydrogens (primary N) is 1. The van der Waals surface area contributed by atoms with E-state index in [1.54, 1.807) is 0 Å². The molecular formula is C12H22N2O2. The van der Waals surface area contributed by atoms with Crippen LogP contribution in [0.15, 0.2) is 0 Å². The number of rotatable bonds is 3. The highest BCUT2D eigenvalue weighted by Crippen LogP contribution is 2.38. The summed E-state index contributed by atoms with van der Waals surface area (Å²) in [5, 5.41) is 3.05. The molecule has 2 rings (SSSR count). The Balaban J connectivity index is 1.94. The van der Waals surface area contributed by atoms with Crippen molar-refractivity contribution in [1.82, 2.24) is 5.32 Å². The highest BCUT2D eigenvalue weighted by Gasteiger charge is 2.41. The minimum atomic E-state index is -0.303. The molecule has 0 aromatic rings. The number of amides is 1. The summed E-state index contributed by atoms with van der Waals surface area (Å²) >= 11 is 0. The van der Waals surface area contributed by atoms with Gasteiger partial charge in [0.25, 0.3) is 0 Å². The van der Waals surface area contributed by atoms with Gasteiger partial charge in [0.1, 0.15) is 0 Å². The van der Waals surface area contributed by atoms with Gasteiger partial charge in [0.2, 0.25) is 5.91 Å². The minimum absolute atomic E-state index is 0.148. The van der Waals surface area contributed by atoms with Crippen LogP contribution in [-0.2, 0) is 9.53 Å². The van der Waals surface area contributed by atoms with Crippen LogP contribution in [0.4, 0.5) is 0 Å². The molecule has 1 aliphatic heterocycles. The van der Waals surface area contributed by atoms with E-state index in [1.165, 1.54) is 0 Å². The summed E-state index contributed by atoms with van der Waals surface area (Å²) in [6.07, 6.45) is 4.10. The Hall–Kier alpha value is -0.610. The fourth-order valence-electron chi connectivity index (χ4n) is 2.50. The van der Waals surface area contributed by atoms with Gasteiger partial charge in [0.15, 0.2) is 0 Å². The molecule has 1 aliphatic carbocycles. The Labute approximate surface area is 96.9 Å². The van der Waals surface area contributed by atoms with Crippen LogP contribution in [0.3, 0.4) is 0 Å². The van der Waals surface area contributed by atoms with E-state index < -0.39 is 0 Å². The van der Waals surface area contributed by atoms with Gasteiger partial charge in [-0.2, -0.15) is 0 Å². The Morgan fingerprint density at radius 3 is 2.50 bits per heavy atom. The van der Waals surface area contributed by atoms with Crippen molar-refractivity contribution in [1.29, 1.82) is 0 Å². The summed E-state index contributed by atoms with van der Waals surface area (Å²) in [6, 6.07) is 0.218. The molecule has 0 unspecified atom stereocenters. The van der Waals surface area contributed by atoms with Gasteiger partial charge < -0.3 is 15.8 Å². The van der Waals surface area contributed by atoms with Gasteiger partial charge in [0.05, 0.1) is 24.7 Å². The number of ether oxygens (including phenoxy) is 1. The largest absolute Gasteiger partial charge is 0.377 e. The Bertz CT molecular complexity index is 256. The standard InChI is InChI=1S/C12H22N2O2/c1-9-2-4-12(8-13,5-3-9)11(15)14-10-6-16-7-10/h9-10H,2-8,13H2,1H3,(H,14,15). The van der Waals surface area contributed by atoms with Crippen LogP contribution in [0, 0.1) is 11.3 Å². The lowest BCUT2D eigenvalue weighted by Crippen LogP contribution is -2.56. The zero-order chi connectivity index (χ0) is 11.6. The fourth-order valence-corrected chi connectivity index (χ4v) is 2.50. The molecule has 4 heteroatoms. The molecule has 0 radical (unpaired) electrons. The van der Waals surface area contributed by atoms with E-state index >= 15 is 0 Å². The van der Waals surface area contributed by atoms with E-state index in [9.17, 15) is 4.79 Å². The molecule has 0 spiro atoms. The van der Waals surface area contributed by atoms with Crippen LogP contribution in [0.2, 0.25) is 0 Å². The average Bonchev–Trinajstić information content (AvgIpc) is 2.25. The first-order valence-electron chi connectivity index (χ1n) is 6.25. The van der Waals surface area contributed by atoms with E-state index in [-0.39, 0.29) is 17.4 Å². The van der Waals surface area contributed by atoms with Crippen molar-refractivity contribution in [3.63, 3.8) is 0 Å². The Morgan fingerprint density at radius 2 is 2.06 bits per heavy atom. The van der Waals surface area contributed by atoms with Gasteiger partial charge in [-0.3, -0.25) is 4.79 Å². The Kier molecular flexibility index (Phi) is 3.50. The van der Waals surface area contributed by atoms with Crippen molar-refractivity contribution in [2.45, 2.75) is 38.6 Å². The summed E-state index contributed by atoms with van der Waals surface area (Å²) in [7, 11) is 0. The summed E-state index contributed by atoms with van der Waals surface area (Å²) in [5.41, 5.74) is 5.52. The van der Waals surface area contributed by atoms with E-state index in [1.807, 2.05) is 0 Å². The summed E-state index contributed by atoms with van der Waals surface area (Å²) < 4.78 is 5.06. The lowest BCUT2D eigenvalue weighted by molar-refractivity contribution is -0.137. The maximum absolute atomic E-state index is 12.2. The van der Waals surface area contributed by atoms with Crippen molar-refractivity contribution in [2.24, 2.45) is 17.1 Å². The van der Waals surface area contributed by atoms with Crippen molar-refractivity contribution >= 4 is 5.91 Å². The van der Waals surface area contributed by atoms with Crippen molar-refractivity contribution < 1.29 is 9.53 Å². The molecule has 3 N–H and O–H groups in total. The predicted octanol–water partition coefficient (Wildman–Crippen LogP) is 0.657. The zero-order valence-corrected chi connectivity index (χ0v) is 10.00. The molecular weight excluding hydrogens is 204 g/mol. The second kappa shape index (κ2) is 4.72. The van der Waals surface area contributed by atoms with Crippen LogP contribution < -0.4 is 11.1 Å². The van der Waals surface area contributed by atoms with Crippen LogP contribution in [0.25, 0.3) is 0 Å². The summed E-state index contributed by atoms with van der Waals surface area (Å²) in [4.78, 5) is 12.2.